The second-order valence-corrected chi connectivity index (χ2v) is 14.4. The van der Waals surface area contributed by atoms with E-state index in [-0.39, 0.29) is 38.7 Å². The molecule has 2 aromatic heterocycles. The molecule has 0 fully saturated rings. The molecule has 0 radical (unpaired) electrons. The summed E-state index contributed by atoms with van der Waals surface area (Å²) in [5, 5.41) is 11.9. The Morgan fingerprint density at radius 1 is 0.630 bits per heavy atom. The van der Waals surface area contributed by atoms with Gasteiger partial charge < -0.3 is 5.11 Å². The summed E-state index contributed by atoms with van der Waals surface area (Å²) < 4.78 is 2.18. The molecule has 5 heteroatoms. The first kappa shape index (κ1) is 36.8. The maximum absolute atomic E-state index is 11.9. The molecule has 0 spiro atoms. The van der Waals surface area contributed by atoms with Gasteiger partial charge in [-0.2, -0.15) is 0 Å². The molecule has 8 aromatic rings. The van der Waals surface area contributed by atoms with Crippen molar-refractivity contribution >= 4 is 11.0 Å². The van der Waals surface area contributed by atoms with E-state index in [9.17, 15) is 5.11 Å². The van der Waals surface area contributed by atoms with Gasteiger partial charge >= 0.3 is 0 Å². The van der Waals surface area contributed by atoms with Crippen LogP contribution in [0.2, 0.25) is 0 Å². The van der Waals surface area contributed by atoms with Crippen LogP contribution in [0.3, 0.4) is 0 Å². The van der Waals surface area contributed by atoms with Crippen LogP contribution in [0, 0.1) is 6.07 Å². The fraction of sp³-hybridized carbons (Fsp3) is 0.143. The number of rotatable bonds is 9. The molecule has 0 bridgehead atoms. The average Bonchev–Trinajstić information content (AvgIpc) is 3.58. The van der Waals surface area contributed by atoms with E-state index in [0.717, 1.165) is 67.8 Å². The first-order valence-corrected chi connectivity index (χ1v) is 18.4. The van der Waals surface area contributed by atoms with Gasteiger partial charge in [-0.05, 0) is 76.4 Å². The van der Waals surface area contributed by atoms with Crippen LogP contribution < -0.4 is 0 Å². The van der Waals surface area contributed by atoms with Crippen molar-refractivity contribution in [1.29, 1.82) is 0 Å². The fourth-order valence-electron chi connectivity index (χ4n) is 7.15. The topological polar surface area (TPSA) is 50.9 Å². The summed E-state index contributed by atoms with van der Waals surface area (Å²) in [7, 11) is 0. The van der Waals surface area contributed by atoms with Gasteiger partial charge in [0.15, 0.2) is 0 Å². The normalized spacial score (nSPS) is 11.3. The molecule has 4 nitrogen and oxygen atoms in total. The summed E-state index contributed by atoms with van der Waals surface area (Å²) in [4.78, 5) is 10.1. The number of aromatic nitrogens is 3. The van der Waals surface area contributed by atoms with E-state index in [4.69, 9.17) is 9.97 Å². The number of para-hydroxylation sites is 2. The predicted molar refractivity (Wildman–Crippen MR) is 219 cm³/mol. The number of phenolic OH excluding ortho intramolecular Hbond substituents is 1. The predicted octanol–water partition coefficient (Wildman–Crippen LogP) is 12.4. The third-order valence-electron chi connectivity index (χ3n) is 10.0. The molecule has 54 heavy (non-hydrogen) atoms. The molecule has 2 heterocycles. The van der Waals surface area contributed by atoms with Crippen molar-refractivity contribution in [2.45, 2.75) is 46.0 Å². The van der Waals surface area contributed by atoms with E-state index >= 15 is 0 Å². The Hall–Kier alpha value is -5.57. The smallest absolute Gasteiger partial charge is 0.148 e. The molecular weight excluding hydrogens is 842 g/mol. The van der Waals surface area contributed by atoms with Crippen LogP contribution in [0.15, 0.2) is 152 Å². The summed E-state index contributed by atoms with van der Waals surface area (Å²) in [6.45, 7) is 8.63. The first-order valence-electron chi connectivity index (χ1n) is 18.4. The van der Waals surface area contributed by atoms with Crippen molar-refractivity contribution in [3.05, 3.63) is 180 Å². The van der Waals surface area contributed by atoms with E-state index < -0.39 is 0 Å². The van der Waals surface area contributed by atoms with Gasteiger partial charge in [0.25, 0.3) is 0 Å². The quantitative estimate of drug-likeness (QED) is 0.147. The second kappa shape index (κ2) is 15.8. The zero-order valence-corrected chi connectivity index (χ0v) is 33.2. The van der Waals surface area contributed by atoms with Gasteiger partial charge in [0.1, 0.15) is 11.6 Å². The average molecular weight is 884 g/mol. The van der Waals surface area contributed by atoms with Crippen LogP contribution in [0.25, 0.3) is 61.6 Å². The van der Waals surface area contributed by atoms with Crippen molar-refractivity contribution in [3.8, 4) is 56.3 Å². The van der Waals surface area contributed by atoms with E-state index in [1.807, 2.05) is 42.6 Å². The Labute approximate surface area is 332 Å². The molecule has 0 saturated heterocycles. The maximum atomic E-state index is 11.9. The van der Waals surface area contributed by atoms with Crippen molar-refractivity contribution in [2.75, 3.05) is 0 Å². The van der Waals surface area contributed by atoms with Crippen LogP contribution in [0.4, 0.5) is 0 Å². The Morgan fingerprint density at radius 2 is 1.31 bits per heavy atom. The fourth-order valence-corrected chi connectivity index (χ4v) is 7.15. The maximum Gasteiger partial charge on any atom is 0.148 e. The number of aromatic hydroxyl groups is 1. The van der Waals surface area contributed by atoms with Crippen molar-refractivity contribution < 1.29 is 26.2 Å². The van der Waals surface area contributed by atoms with Gasteiger partial charge in [0.05, 0.1) is 16.6 Å². The number of phenols is 1. The number of pyridine rings is 1. The van der Waals surface area contributed by atoms with Gasteiger partial charge in [-0.25, -0.2) is 4.98 Å². The summed E-state index contributed by atoms with van der Waals surface area (Å²) in [6, 6.07) is 54.4. The number of benzene rings is 6. The van der Waals surface area contributed by atoms with Gasteiger partial charge in [-0.1, -0.05) is 148 Å². The third-order valence-corrected chi connectivity index (χ3v) is 10.0. The zero-order chi connectivity index (χ0) is 36.5. The molecule has 0 aliphatic heterocycles. The molecule has 0 aliphatic carbocycles. The van der Waals surface area contributed by atoms with Gasteiger partial charge in [-0.15, -0.1) is 23.8 Å². The minimum atomic E-state index is 0. The van der Waals surface area contributed by atoms with Crippen molar-refractivity contribution in [3.63, 3.8) is 0 Å². The summed E-state index contributed by atoms with van der Waals surface area (Å²) in [5.41, 5.74) is 14.0. The molecule has 1 N–H and O–H groups in total. The minimum Gasteiger partial charge on any atom is -0.507 e. The second-order valence-electron chi connectivity index (χ2n) is 14.4. The summed E-state index contributed by atoms with van der Waals surface area (Å²) in [5.74, 6) is 1.41. The largest absolute Gasteiger partial charge is 0.507 e. The number of nitrogens with zero attached hydrogens (tertiary/aromatic N) is 3. The monoisotopic (exact) mass is 883 g/mol. The van der Waals surface area contributed by atoms with E-state index in [2.05, 4.69) is 148 Å². The van der Waals surface area contributed by atoms with Crippen LogP contribution in [-0.4, -0.2) is 19.6 Å². The number of hydrogen-bond donors (Lipinski definition) is 1. The third kappa shape index (κ3) is 7.32. The van der Waals surface area contributed by atoms with Crippen LogP contribution in [-0.2, 0) is 27.5 Å². The Balaban J connectivity index is 0.00000450. The van der Waals surface area contributed by atoms with Gasteiger partial charge in [0, 0.05) is 38.6 Å². The van der Waals surface area contributed by atoms with Crippen LogP contribution >= 0.6 is 0 Å². The molecule has 0 saturated carbocycles. The van der Waals surface area contributed by atoms with Crippen molar-refractivity contribution in [2.24, 2.45) is 0 Å². The molecule has 8 rings (SSSR count). The van der Waals surface area contributed by atoms with E-state index in [0.29, 0.717) is 5.82 Å². The minimum absolute atomic E-state index is 0. The zero-order valence-electron chi connectivity index (χ0n) is 30.9. The van der Waals surface area contributed by atoms with Gasteiger partial charge in [-0.3, -0.25) is 9.55 Å². The molecular formula is C49H42N3OPt-. The van der Waals surface area contributed by atoms with Crippen LogP contribution in [0.1, 0.15) is 61.8 Å². The van der Waals surface area contributed by atoms with E-state index in [1.165, 1.54) is 16.7 Å². The molecule has 0 unspecified atom stereocenters. The molecule has 6 aromatic carbocycles. The number of hydrogen-bond acceptors (Lipinski definition) is 3. The Kier molecular flexibility index (Phi) is 10.8. The number of fused-ring (bicyclic) bond motifs is 1. The van der Waals surface area contributed by atoms with Crippen LogP contribution in [0.5, 0.6) is 5.75 Å². The SMILES string of the molecule is CC(C)c1cc(-c2nc3c(-c4[c-]c(-c5ccccn5)cc(-c5ccc(Cc6ccccc6)cc5)c4)cccc3n2-c2ccccc2)c(O)c(C(C)C)c1.[Pt]. The Bertz CT molecular complexity index is 2520. The molecule has 0 aliphatic rings. The number of imidazole rings is 1. The first-order chi connectivity index (χ1) is 25.8. The molecule has 0 atom stereocenters. The Morgan fingerprint density at radius 3 is 2.00 bits per heavy atom. The standard InChI is InChI=1S/C49H42N3O.Pt/c1-32(2)37-30-43(33(3)4)48(53)44(31-37)49-51-47-42(18-13-20-46(47)52(49)41-16-9-6-10-17-41)39-27-38(28-40(29-39)45-19-11-12-25-50-45)36-23-21-35(22-24-36)26-34-14-7-5-8-15-34;/h5-25,27-28,30-33,53H,26H2,1-4H3;/q-1;. The van der Waals surface area contributed by atoms with E-state index in [1.54, 1.807) is 0 Å². The molecule has 0 amide bonds. The summed E-state index contributed by atoms with van der Waals surface area (Å²) >= 11 is 0. The van der Waals surface area contributed by atoms with Gasteiger partial charge in [0.2, 0.25) is 0 Å². The van der Waals surface area contributed by atoms with Crippen molar-refractivity contribution in [1.82, 2.24) is 14.5 Å². The molecule has 270 valence electrons. The summed E-state index contributed by atoms with van der Waals surface area (Å²) in [6.07, 6.45) is 2.71.